The molecule has 1 fully saturated rings. The summed E-state index contributed by atoms with van der Waals surface area (Å²) in [6.45, 7) is 8.78. The summed E-state index contributed by atoms with van der Waals surface area (Å²) in [7, 11) is 0. The SMILES string of the molecule is CCOc1cc(C(=O)N2CCN(Cc3csc(C)n3)CC2)ccc1OCc1ccncc1. The molecular weight excluding hydrogens is 424 g/mol. The van der Waals surface area contributed by atoms with Crippen molar-refractivity contribution in [2.24, 2.45) is 0 Å². The van der Waals surface area contributed by atoms with Gasteiger partial charge in [0.2, 0.25) is 0 Å². The van der Waals surface area contributed by atoms with Crippen LogP contribution < -0.4 is 9.47 Å². The van der Waals surface area contributed by atoms with E-state index < -0.39 is 0 Å². The lowest BCUT2D eigenvalue weighted by molar-refractivity contribution is 0.0626. The van der Waals surface area contributed by atoms with Crippen LogP contribution in [0.5, 0.6) is 11.5 Å². The van der Waals surface area contributed by atoms with Crippen molar-refractivity contribution in [1.29, 1.82) is 0 Å². The predicted octanol–water partition coefficient (Wildman–Crippen LogP) is 3.78. The van der Waals surface area contributed by atoms with Gasteiger partial charge in [-0.3, -0.25) is 14.7 Å². The number of pyridine rings is 1. The Morgan fingerprint density at radius 1 is 1.06 bits per heavy atom. The van der Waals surface area contributed by atoms with Gasteiger partial charge in [0.05, 0.1) is 17.3 Å². The Balaban J connectivity index is 1.37. The highest BCUT2D eigenvalue weighted by Crippen LogP contribution is 2.30. The summed E-state index contributed by atoms with van der Waals surface area (Å²) in [4.78, 5) is 25.9. The standard InChI is InChI=1S/C24H28N4O3S/c1-3-30-23-14-20(4-5-22(23)31-16-19-6-8-25-9-7-19)24(29)28-12-10-27(11-13-28)15-21-17-32-18(2)26-21/h4-9,14,17H,3,10-13,15-16H2,1-2H3. The highest BCUT2D eigenvalue weighted by Gasteiger charge is 2.23. The third-order valence-corrected chi connectivity index (χ3v) is 6.17. The molecule has 0 atom stereocenters. The Bertz CT molecular complexity index is 1030. The number of carbonyl (C=O) groups excluding carboxylic acids is 1. The zero-order valence-corrected chi connectivity index (χ0v) is 19.3. The average Bonchev–Trinajstić information content (AvgIpc) is 3.23. The number of hydrogen-bond acceptors (Lipinski definition) is 7. The number of hydrogen-bond donors (Lipinski definition) is 0. The topological polar surface area (TPSA) is 67.8 Å². The Labute approximate surface area is 192 Å². The molecule has 0 radical (unpaired) electrons. The van der Waals surface area contributed by atoms with E-state index >= 15 is 0 Å². The van der Waals surface area contributed by atoms with Gasteiger partial charge in [-0.2, -0.15) is 0 Å². The number of rotatable bonds is 8. The van der Waals surface area contributed by atoms with Crippen molar-refractivity contribution in [1.82, 2.24) is 19.8 Å². The van der Waals surface area contributed by atoms with Crippen LogP contribution in [0.4, 0.5) is 0 Å². The molecule has 3 aromatic rings. The number of aromatic nitrogens is 2. The van der Waals surface area contributed by atoms with Crippen molar-refractivity contribution < 1.29 is 14.3 Å². The van der Waals surface area contributed by atoms with Gasteiger partial charge in [0, 0.05) is 56.1 Å². The van der Waals surface area contributed by atoms with Gasteiger partial charge in [0.25, 0.3) is 5.91 Å². The second kappa shape index (κ2) is 10.6. The van der Waals surface area contributed by atoms with Crippen LogP contribution in [0.3, 0.4) is 0 Å². The van der Waals surface area contributed by atoms with Crippen molar-refractivity contribution >= 4 is 17.2 Å². The van der Waals surface area contributed by atoms with E-state index in [1.165, 1.54) is 0 Å². The molecule has 32 heavy (non-hydrogen) atoms. The van der Waals surface area contributed by atoms with Gasteiger partial charge in [-0.1, -0.05) is 0 Å². The van der Waals surface area contributed by atoms with Crippen molar-refractivity contribution in [2.75, 3.05) is 32.8 Å². The molecule has 7 nitrogen and oxygen atoms in total. The summed E-state index contributed by atoms with van der Waals surface area (Å²) in [6, 6.07) is 9.25. The van der Waals surface area contributed by atoms with Crippen LogP contribution in [0.2, 0.25) is 0 Å². The number of benzene rings is 1. The van der Waals surface area contributed by atoms with Crippen molar-refractivity contribution in [3.8, 4) is 11.5 Å². The summed E-state index contributed by atoms with van der Waals surface area (Å²) in [5.41, 5.74) is 2.75. The molecular formula is C24H28N4O3S. The molecule has 0 unspecified atom stereocenters. The van der Waals surface area contributed by atoms with E-state index in [0.717, 1.165) is 35.9 Å². The zero-order chi connectivity index (χ0) is 22.3. The first-order valence-electron chi connectivity index (χ1n) is 10.8. The van der Waals surface area contributed by atoms with Crippen LogP contribution in [0.15, 0.2) is 48.1 Å². The molecule has 1 aromatic carbocycles. The minimum Gasteiger partial charge on any atom is -0.490 e. The van der Waals surface area contributed by atoms with E-state index in [-0.39, 0.29) is 5.91 Å². The third kappa shape index (κ3) is 5.63. The number of amides is 1. The zero-order valence-electron chi connectivity index (χ0n) is 18.5. The molecule has 3 heterocycles. The fraction of sp³-hybridized carbons (Fsp3) is 0.375. The summed E-state index contributed by atoms with van der Waals surface area (Å²) in [5, 5.41) is 3.20. The molecule has 1 aliphatic rings. The first kappa shape index (κ1) is 22.2. The summed E-state index contributed by atoms with van der Waals surface area (Å²) in [6.07, 6.45) is 3.48. The second-order valence-electron chi connectivity index (χ2n) is 7.66. The quantitative estimate of drug-likeness (QED) is 0.518. The minimum atomic E-state index is 0.0239. The maximum absolute atomic E-state index is 13.1. The van der Waals surface area contributed by atoms with Crippen LogP contribution in [-0.2, 0) is 13.2 Å². The molecule has 0 N–H and O–H groups in total. The Morgan fingerprint density at radius 3 is 2.53 bits per heavy atom. The molecule has 1 aliphatic heterocycles. The van der Waals surface area contributed by atoms with Gasteiger partial charge in [-0.25, -0.2) is 4.98 Å². The maximum atomic E-state index is 13.1. The molecule has 8 heteroatoms. The highest BCUT2D eigenvalue weighted by atomic mass is 32.1. The number of ether oxygens (including phenoxy) is 2. The first-order valence-corrected chi connectivity index (χ1v) is 11.7. The largest absolute Gasteiger partial charge is 0.490 e. The van der Waals surface area contributed by atoms with E-state index in [2.05, 4.69) is 20.2 Å². The van der Waals surface area contributed by atoms with E-state index in [0.29, 0.717) is 43.4 Å². The van der Waals surface area contributed by atoms with Crippen molar-refractivity contribution in [2.45, 2.75) is 27.0 Å². The molecule has 4 rings (SSSR count). The van der Waals surface area contributed by atoms with E-state index in [1.807, 2.05) is 43.0 Å². The highest BCUT2D eigenvalue weighted by molar-refractivity contribution is 7.09. The van der Waals surface area contributed by atoms with Crippen LogP contribution >= 0.6 is 11.3 Å². The van der Waals surface area contributed by atoms with Crippen LogP contribution in [-0.4, -0.2) is 58.5 Å². The molecule has 1 amide bonds. The van der Waals surface area contributed by atoms with Gasteiger partial charge in [-0.15, -0.1) is 11.3 Å². The lowest BCUT2D eigenvalue weighted by Crippen LogP contribution is -2.48. The molecule has 168 valence electrons. The van der Waals surface area contributed by atoms with E-state index in [4.69, 9.17) is 9.47 Å². The summed E-state index contributed by atoms with van der Waals surface area (Å²) >= 11 is 1.68. The second-order valence-corrected chi connectivity index (χ2v) is 8.73. The normalized spacial score (nSPS) is 14.4. The van der Waals surface area contributed by atoms with Crippen molar-refractivity contribution in [3.63, 3.8) is 0 Å². The monoisotopic (exact) mass is 452 g/mol. The van der Waals surface area contributed by atoms with Crippen LogP contribution in [0.1, 0.15) is 33.5 Å². The molecule has 2 aromatic heterocycles. The van der Waals surface area contributed by atoms with E-state index in [9.17, 15) is 4.79 Å². The van der Waals surface area contributed by atoms with Gasteiger partial charge < -0.3 is 14.4 Å². The van der Waals surface area contributed by atoms with Gasteiger partial charge in [0.1, 0.15) is 6.61 Å². The Hall–Kier alpha value is -2.97. The number of aryl methyl sites for hydroxylation is 1. The number of piperazine rings is 1. The molecule has 0 bridgehead atoms. The number of nitrogens with zero attached hydrogens (tertiary/aromatic N) is 4. The minimum absolute atomic E-state index is 0.0239. The lowest BCUT2D eigenvalue weighted by Gasteiger charge is -2.34. The lowest BCUT2D eigenvalue weighted by atomic mass is 10.1. The van der Waals surface area contributed by atoms with Gasteiger partial charge in [-0.05, 0) is 49.7 Å². The Kier molecular flexibility index (Phi) is 7.34. The Morgan fingerprint density at radius 2 is 1.84 bits per heavy atom. The number of carbonyl (C=O) groups is 1. The average molecular weight is 453 g/mol. The summed E-state index contributed by atoms with van der Waals surface area (Å²) in [5.74, 6) is 1.24. The van der Waals surface area contributed by atoms with Gasteiger partial charge in [0.15, 0.2) is 11.5 Å². The first-order chi connectivity index (χ1) is 15.6. The number of thiazole rings is 1. The van der Waals surface area contributed by atoms with Crippen LogP contribution in [0.25, 0.3) is 0 Å². The summed E-state index contributed by atoms with van der Waals surface area (Å²) < 4.78 is 11.7. The van der Waals surface area contributed by atoms with E-state index in [1.54, 1.807) is 29.8 Å². The smallest absolute Gasteiger partial charge is 0.254 e. The van der Waals surface area contributed by atoms with Crippen molar-refractivity contribution in [3.05, 3.63) is 69.9 Å². The predicted molar refractivity (Wildman–Crippen MR) is 124 cm³/mol. The molecule has 0 spiro atoms. The molecule has 0 aliphatic carbocycles. The maximum Gasteiger partial charge on any atom is 0.254 e. The van der Waals surface area contributed by atoms with Crippen LogP contribution in [0, 0.1) is 6.92 Å². The van der Waals surface area contributed by atoms with Gasteiger partial charge >= 0.3 is 0 Å². The molecule has 0 saturated carbocycles. The third-order valence-electron chi connectivity index (χ3n) is 5.35. The molecule has 1 saturated heterocycles. The fourth-order valence-electron chi connectivity index (χ4n) is 3.67. The fourth-order valence-corrected chi connectivity index (χ4v) is 4.27.